The lowest BCUT2D eigenvalue weighted by atomic mass is 9.95. The van der Waals surface area contributed by atoms with Crippen molar-refractivity contribution in [2.24, 2.45) is 0 Å². The molecule has 186 valence electrons. The number of likely N-dealkylation sites (tertiary alicyclic amines) is 1. The van der Waals surface area contributed by atoms with Crippen LogP contribution in [0, 0.1) is 0 Å². The smallest absolute Gasteiger partial charge is 0.295 e. The van der Waals surface area contributed by atoms with E-state index in [9.17, 15) is 14.7 Å². The number of carbonyl (C=O) groups excluding carboxylic acids is 2. The Labute approximate surface area is 219 Å². The lowest BCUT2D eigenvalue weighted by Gasteiger charge is -2.26. The molecule has 1 aliphatic heterocycles. The zero-order chi connectivity index (χ0) is 26.0. The third-order valence-corrected chi connectivity index (χ3v) is 6.57. The molecule has 1 amide bonds. The minimum absolute atomic E-state index is 0.0123. The molecule has 3 aromatic carbocycles. The van der Waals surface area contributed by atoms with Gasteiger partial charge in [-0.1, -0.05) is 53.5 Å². The molecule has 8 heteroatoms. The number of aliphatic hydroxyl groups is 1. The fraction of sp³-hybridized carbons (Fsp3) is 0.214. The van der Waals surface area contributed by atoms with Crippen LogP contribution in [-0.4, -0.2) is 34.9 Å². The van der Waals surface area contributed by atoms with E-state index in [0.29, 0.717) is 22.1 Å². The maximum Gasteiger partial charge on any atom is 0.295 e. The molecule has 1 fully saturated rings. The van der Waals surface area contributed by atoms with Crippen LogP contribution >= 0.6 is 23.2 Å². The Morgan fingerprint density at radius 3 is 2.33 bits per heavy atom. The summed E-state index contributed by atoms with van der Waals surface area (Å²) in [4.78, 5) is 28.0. The van der Waals surface area contributed by atoms with Gasteiger partial charge in [0.1, 0.15) is 17.3 Å². The van der Waals surface area contributed by atoms with E-state index >= 15 is 0 Å². The van der Waals surface area contributed by atoms with Crippen LogP contribution in [0.25, 0.3) is 5.76 Å². The van der Waals surface area contributed by atoms with Gasteiger partial charge in [0.2, 0.25) is 0 Å². The zero-order valence-corrected chi connectivity index (χ0v) is 21.5. The number of rotatable bonds is 7. The van der Waals surface area contributed by atoms with Gasteiger partial charge in [-0.2, -0.15) is 0 Å². The first kappa shape index (κ1) is 25.6. The lowest BCUT2D eigenvalue weighted by Crippen LogP contribution is -2.29. The fourth-order valence-corrected chi connectivity index (χ4v) is 4.50. The van der Waals surface area contributed by atoms with Gasteiger partial charge in [0.25, 0.3) is 11.7 Å². The van der Waals surface area contributed by atoms with Crippen LogP contribution < -0.4 is 9.47 Å². The van der Waals surface area contributed by atoms with Gasteiger partial charge in [-0.25, -0.2) is 0 Å². The van der Waals surface area contributed by atoms with E-state index in [-0.39, 0.29) is 34.6 Å². The van der Waals surface area contributed by atoms with Crippen LogP contribution in [0.5, 0.6) is 11.5 Å². The predicted octanol–water partition coefficient (Wildman–Crippen LogP) is 6.41. The normalized spacial score (nSPS) is 17.1. The maximum absolute atomic E-state index is 13.3. The van der Waals surface area contributed by atoms with Crippen LogP contribution in [0.2, 0.25) is 10.0 Å². The number of halogens is 2. The van der Waals surface area contributed by atoms with Crippen LogP contribution in [0.4, 0.5) is 0 Å². The van der Waals surface area contributed by atoms with Gasteiger partial charge in [0, 0.05) is 11.1 Å². The molecule has 6 nitrogen and oxygen atoms in total. The van der Waals surface area contributed by atoms with Gasteiger partial charge < -0.3 is 19.5 Å². The predicted molar refractivity (Wildman–Crippen MR) is 140 cm³/mol. The summed E-state index contributed by atoms with van der Waals surface area (Å²) >= 11 is 12.2. The molecule has 0 spiro atoms. The van der Waals surface area contributed by atoms with Gasteiger partial charge in [-0.3, -0.25) is 9.59 Å². The number of Topliss-reactive ketones (excluding diaryl/α,β-unsaturated/α-hetero) is 1. The zero-order valence-electron chi connectivity index (χ0n) is 20.0. The molecule has 1 unspecified atom stereocenters. The number of methoxy groups -OCH3 is 1. The molecule has 1 N–H and O–H groups in total. The quantitative estimate of drug-likeness (QED) is 0.219. The first-order valence-electron chi connectivity index (χ1n) is 11.3. The van der Waals surface area contributed by atoms with Crippen molar-refractivity contribution in [1.82, 2.24) is 4.90 Å². The standard InChI is InChI=1S/C28H25Cl2NO5/c1-16(2)36-20-11-8-17(9-12-20)25-24(26(32)18-10-13-21(29)22(30)14-18)27(33)28(34)31(25)15-19-6-4-5-7-23(19)35-3/h4-14,16,25,32H,15H2,1-3H3/b26-24-. The van der Waals surface area contributed by atoms with Gasteiger partial charge in [0.15, 0.2) is 0 Å². The number of nitrogens with zero attached hydrogens (tertiary/aromatic N) is 1. The molecule has 1 atom stereocenters. The topological polar surface area (TPSA) is 76.1 Å². The molecule has 0 bridgehead atoms. The highest BCUT2D eigenvalue weighted by Crippen LogP contribution is 2.42. The molecular weight excluding hydrogens is 501 g/mol. The van der Waals surface area contributed by atoms with Gasteiger partial charge in [-0.15, -0.1) is 0 Å². The number of para-hydroxylation sites is 1. The van der Waals surface area contributed by atoms with Crippen LogP contribution in [0.15, 0.2) is 72.3 Å². The Balaban J connectivity index is 1.85. The Morgan fingerprint density at radius 1 is 1.00 bits per heavy atom. The van der Waals surface area contributed by atoms with E-state index in [4.69, 9.17) is 32.7 Å². The lowest BCUT2D eigenvalue weighted by molar-refractivity contribution is -0.140. The summed E-state index contributed by atoms with van der Waals surface area (Å²) in [6.07, 6.45) is -0.0123. The molecule has 1 aliphatic rings. The van der Waals surface area contributed by atoms with E-state index in [2.05, 4.69) is 0 Å². The number of amides is 1. The van der Waals surface area contributed by atoms with Crippen molar-refractivity contribution in [1.29, 1.82) is 0 Å². The molecule has 4 rings (SSSR count). The second kappa shape index (κ2) is 10.6. The molecule has 3 aromatic rings. The average molecular weight is 526 g/mol. The third kappa shape index (κ3) is 5.06. The highest BCUT2D eigenvalue weighted by atomic mass is 35.5. The molecule has 0 aliphatic carbocycles. The first-order valence-corrected chi connectivity index (χ1v) is 12.1. The van der Waals surface area contributed by atoms with E-state index < -0.39 is 17.7 Å². The molecule has 1 heterocycles. The second-order valence-electron chi connectivity index (χ2n) is 8.60. The number of hydrogen-bond acceptors (Lipinski definition) is 5. The molecular formula is C28H25Cl2NO5. The number of ether oxygens (including phenoxy) is 2. The summed E-state index contributed by atoms with van der Waals surface area (Å²) in [5.74, 6) is -0.610. The summed E-state index contributed by atoms with van der Waals surface area (Å²) in [6.45, 7) is 3.95. The largest absolute Gasteiger partial charge is 0.507 e. The minimum atomic E-state index is -0.850. The summed E-state index contributed by atoms with van der Waals surface area (Å²) in [5.41, 5.74) is 1.61. The van der Waals surface area contributed by atoms with E-state index in [1.807, 2.05) is 32.0 Å². The number of ketones is 1. The maximum atomic E-state index is 13.3. The molecule has 0 radical (unpaired) electrons. The molecule has 0 aromatic heterocycles. The van der Waals surface area contributed by atoms with Gasteiger partial charge in [-0.05, 0) is 55.8 Å². The van der Waals surface area contributed by atoms with Crippen molar-refractivity contribution in [3.05, 3.63) is 99.0 Å². The van der Waals surface area contributed by atoms with E-state index in [0.717, 1.165) is 5.56 Å². The van der Waals surface area contributed by atoms with Gasteiger partial charge in [0.05, 0.1) is 41.4 Å². The van der Waals surface area contributed by atoms with Crippen molar-refractivity contribution in [3.8, 4) is 11.5 Å². The van der Waals surface area contributed by atoms with Crippen LogP contribution in [-0.2, 0) is 16.1 Å². The third-order valence-electron chi connectivity index (χ3n) is 5.83. The van der Waals surface area contributed by atoms with Crippen LogP contribution in [0.3, 0.4) is 0 Å². The van der Waals surface area contributed by atoms with Crippen molar-refractivity contribution < 1.29 is 24.2 Å². The summed E-state index contributed by atoms with van der Waals surface area (Å²) < 4.78 is 11.2. The highest BCUT2D eigenvalue weighted by Gasteiger charge is 2.46. The Hall–Kier alpha value is -3.48. The summed E-state index contributed by atoms with van der Waals surface area (Å²) in [6, 6.07) is 18.1. The highest BCUT2D eigenvalue weighted by molar-refractivity contribution is 6.46. The monoisotopic (exact) mass is 525 g/mol. The summed E-state index contributed by atoms with van der Waals surface area (Å²) in [5, 5.41) is 11.8. The number of carbonyl (C=O) groups is 2. The Kier molecular flexibility index (Phi) is 7.57. The average Bonchev–Trinajstić information content (AvgIpc) is 3.10. The number of aliphatic hydroxyl groups excluding tert-OH is 1. The first-order chi connectivity index (χ1) is 17.2. The number of hydrogen-bond donors (Lipinski definition) is 1. The van der Waals surface area contributed by atoms with Gasteiger partial charge >= 0.3 is 0 Å². The molecule has 0 saturated carbocycles. The van der Waals surface area contributed by atoms with E-state index in [1.54, 1.807) is 43.5 Å². The van der Waals surface area contributed by atoms with Crippen LogP contribution in [0.1, 0.15) is 36.6 Å². The summed E-state index contributed by atoms with van der Waals surface area (Å²) in [7, 11) is 1.54. The van der Waals surface area contributed by atoms with E-state index in [1.165, 1.54) is 17.0 Å². The Morgan fingerprint density at radius 2 is 1.69 bits per heavy atom. The SMILES string of the molecule is COc1ccccc1CN1C(=O)C(=O)/C(=C(\O)c2ccc(Cl)c(Cl)c2)C1c1ccc(OC(C)C)cc1. The fourth-order valence-electron chi connectivity index (χ4n) is 4.21. The number of benzene rings is 3. The Bertz CT molecular complexity index is 1330. The molecule has 36 heavy (non-hydrogen) atoms. The van der Waals surface area contributed by atoms with Crippen molar-refractivity contribution in [2.75, 3.05) is 7.11 Å². The van der Waals surface area contributed by atoms with Crippen molar-refractivity contribution in [2.45, 2.75) is 32.5 Å². The minimum Gasteiger partial charge on any atom is -0.507 e. The van der Waals surface area contributed by atoms with Crippen molar-refractivity contribution in [3.63, 3.8) is 0 Å². The second-order valence-corrected chi connectivity index (χ2v) is 9.42. The van der Waals surface area contributed by atoms with Crippen molar-refractivity contribution >= 4 is 40.7 Å². The molecule has 1 saturated heterocycles.